The molecule has 21 heavy (non-hydrogen) atoms. The molecule has 1 atom stereocenters. The molecule has 2 aromatic heterocycles. The molecule has 114 valence electrons. The van der Waals surface area contributed by atoms with Crippen LogP contribution in [0, 0.1) is 5.92 Å². The van der Waals surface area contributed by atoms with Gasteiger partial charge < -0.3 is 10.2 Å². The zero-order valence-electron chi connectivity index (χ0n) is 12.4. The van der Waals surface area contributed by atoms with E-state index in [0.29, 0.717) is 5.92 Å². The van der Waals surface area contributed by atoms with Crippen molar-refractivity contribution in [3.05, 3.63) is 22.4 Å². The summed E-state index contributed by atoms with van der Waals surface area (Å²) in [5.74, 6) is 0.825. The molecule has 0 aromatic carbocycles. The summed E-state index contributed by atoms with van der Waals surface area (Å²) in [6.07, 6.45) is 3.49. The maximum absolute atomic E-state index is 12.8. The molecule has 1 unspecified atom stereocenters. The number of carbonyl (C=O) groups is 1. The van der Waals surface area contributed by atoms with E-state index in [1.165, 1.54) is 22.2 Å². The fourth-order valence-corrected chi connectivity index (χ4v) is 5.04. The second-order valence-electron chi connectivity index (χ2n) is 5.72. The van der Waals surface area contributed by atoms with Gasteiger partial charge in [0, 0.05) is 22.5 Å². The molecule has 0 radical (unpaired) electrons. The van der Waals surface area contributed by atoms with Gasteiger partial charge in [0.25, 0.3) is 5.91 Å². The third kappa shape index (κ3) is 3.47. The van der Waals surface area contributed by atoms with Gasteiger partial charge in [0.15, 0.2) is 0 Å². The highest BCUT2D eigenvalue weighted by molar-refractivity contribution is 7.27. The summed E-state index contributed by atoms with van der Waals surface area (Å²) in [7, 11) is 0. The molecule has 3 heterocycles. The molecule has 1 saturated heterocycles. The van der Waals surface area contributed by atoms with Crippen molar-refractivity contribution in [2.24, 2.45) is 5.92 Å². The van der Waals surface area contributed by atoms with Gasteiger partial charge in [-0.05, 0) is 55.8 Å². The number of thiophene rings is 2. The third-order valence-corrected chi connectivity index (χ3v) is 6.09. The summed E-state index contributed by atoms with van der Waals surface area (Å²) < 4.78 is 2.47. The van der Waals surface area contributed by atoms with Crippen LogP contribution in [0.2, 0.25) is 0 Å². The predicted octanol–water partition coefficient (Wildman–Crippen LogP) is 3.81. The SMILES string of the molecule is CCCN(CC1CCCNC1)C(=O)c1cc2sccc2s1. The number of piperidine rings is 1. The Morgan fingerprint density at radius 3 is 3.10 bits per heavy atom. The van der Waals surface area contributed by atoms with E-state index in [1.807, 2.05) is 0 Å². The first-order valence-corrected chi connectivity index (χ1v) is 9.44. The molecule has 3 rings (SSSR count). The van der Waals surface area contributed by atoms with Crippen LogP contribution in [0.5, 0.6) is 0 Å². The molecule has 1 fully saturated rings. The molecule has 0 bridgehead atoms. The number of nitrogens with one attached hydrogen (secondary N) is 1. The second kappa shape index (κ2) is 6.90. The number of nitrogens with zero attached hydrogens (tertiary/aromatic N) is 1. The quantitative estimate of drug-likeness (QED) is 0.908. The minimum atomic E-state index is 0.218. The van der Waals surface area contributed by atoms with Gasteiger partial charge in [-0.1, -0.05) is 6.92 Å². The van der Waals surface area contributed by atoms with E-state index >= 15 is 0 Å². The van der Waals surface area contributed by atoms with Crippen molar-refractivity contribution in [3.63, 3.8) is 0 Å². The summed E-state index contributed by atoms with van der Waals surface area (Å²) in [5.41, 5.74) is 0. The Labute approximate surface area is 134 Å². The summed E-state index contributed by atoms with van der Waals surface area (Å²) in [6.45, 7) is 6.07. The fourth-order valence-electron chi connectivity index (χ4n) is 2.96. The molecule has 3 nitrogen and oxygen atoms in total. The summed E-state index contributed by atoms with van der Waals surface area (Å²) >= 11 is 3.35. The molecule has 0 spiro atoms. The van der Waals surface area contributed by atoms with E-state index in [4.69, 9.17) is 0 Å². The predicted molar refractivity (Wildman–Crippen MR) is 91.5 cm³/mol. The van der Waals surface area contributed by atoms with Crippen LogP contribution in [0.3, 0.4) is 0 Å². The minimum Gasteiger partial charge on any atom is -0.338 e. The Kier molecular flexibility index (Phi) is 4.93. The Hall–Kier alpha value is -0.910. The maximum Gasteiger partial charge on any atom is 0.264 e. The lowest BCUT2D eigenvalue weighted by atomic mass is 9.99. The zero-order valence-corrected chi connectivity index (χ0v) is 14.1. The molecule has 1 amide bonds. The molecule has 0 saturated carbocycles. The van der Waals surface area contributed by atoms with Crippen LogP contribution in [0.4, 0.5) is 0 Å². The van der Waals surface area contributed by atoms with Crippen molar-refractivity contribution < 1.29 is 4.79 Å². The van der Waals surface area contributed by atoms with Crippen molar-refractivity contribution in [2.45, 2.75) is 26.2 Å². The van der Waals surface area contributed by atoms with Gasteiger partial charge in [-0.3, -0.25) is 4.79 Å². The zero-order chi connectivity index (χ0) is 14.7. The Bertz CT molecular complexity index is 570. The van der Waals surface area contributed by atoms with Crippen molar-refractivity contribution in [3.8, 4) is 0 Å². The van der Waals surface area contributed by atoms with Gasteiger partial charge in [-0.2, -0.15) is 0 Å². The molecular formula is C16H22N2OS2. The van der Waals surface area contributed by atoms with Crippen LogP contribution < -0.4 is 5.32 Å². The molecule has 0 aliphatic carbocycles. The monoisotopic (exact) mass is 322 g/mol. The number of fused-ring (bicyclic) bond motifs is 1. The summed E-state index contributed by atoms with van der Waals surface area (Å²) in [5, 5.41) is 5.53. The summed E-state index contributed by atoms with van der Waals surface area (Å²) in [6, 6.07) is 4.17. The van der Waals surface area contributed by atoms with Gasteiger partial charge in [0.05, 0.1) is 4.88 Å². The normalized spacial score (nSPS) is 19.0. The van der Waals surface area contributed by atoms with Crippen LogP contribution in [0.1, 0.15) is 35.9 Å². The molecule has 5 heteroatoms. The van der Waals surface area contributed by atoms with Crippen LogP contribution in [0.25, 0.3) is 9.40 Å². The van der Waals surface area contributed by atoms with Crippen LogP contribution in [-0.2, 0) is 0 Å². The molecule has 1 aliphatic heterocycles. The fraction of sp³-hybridized carbons (Fsp3) is 0.562. The van der Waals surface area contributed by atoms with Crippen molar-refractivity contribution in [2.75, 3.05) is 26.2 Å². The largest absolute Gasteiger partial charge is 0.338 e. The van der Waals surface area contributed by atoms with Gasteiger partial charge in [0.2, 0.25) is 0 Å². The average molecular weight is 322 g/mol. The lowest BCUT2D eigenvalue weighted by molar-refractivity contribution is 0.0724. The van der Waals surface area contributed by atoms with Gasteiger partial charge in [-0.15, -0.1) is 22.7 Å². The third-order valence-electron chi connectivity index (χ3n) is 4.01. The lowest BCUT2D eigenvalue weighted by Crippen LogP contribution is -2.41. The summed E-state index contributed by atoms with van der Waals surface area (Å²) in [4.78, 5) is 15.8. The Morgan fingerprint density at radius 1 is 1.48 bits per heavy atom. The van der Waals surface area contributed by atoms with Gasteiger partial charge in [-0.25, -0.2) is 0 Å². The Balaban J connectivity index is 1.72. The van der Waals surface area contributed by atoms with Crippen LogP contribution in [0.15, 0.2) is 17.5 Å². The highest BCUT2D eigenvalue weighted by Crippen LogP contribution is 2.31. The standard InChI is InChI=1S/C16H22N2OS2/c1-2-7-18(11-12-4-3-6-17-10-12)16(19)15-9-14-13(21-15)5-8-20-14/h5,8-9,12,17H,2-4,6-7,10-11H2,1H3. The van der Waals surface area contributed by atoms with Crippen LogP contribution in [-0.4, -0.2) is 37.0 Å². The number of amides is 1. The second-order valence-corrected chi connectivity index (χ2v) is 7.75. The van der Waals surface area contributed by atoms with E-state index < -0.39 is 0 Å². The lowest BCUT2D eigenvalue weighted by Gasteiger charge is -2.29. The van der Waals surface area contributed by atoms with E-state index in [9.17, 15) is 4.79 Å². The smallest absolute Gasteiger partial charge is 0.264 e. The number of hydrogen-bond donors (Lipinski definition) is 1. The highest BCUT2D eigenvalue weighted by Gasteiger charge is 2.22. The molecule has 2 aromatic rings. The van der Waals surface area contributed by atoms with Crippen molar-refractivity contribution in [1.82, 2.24) is 10.2 Å². The molecule has 1 aliphatic rings. The molecule has 1 N–H and O–H groups in total. The first-order chi connectivity index (χ1) is 10.3. The van der Waals surface area contributed by atoms with Gasteiger partial charge in [0.1, 0.15) is 0 Å². The van der Waals surface area contributed by atoms with E-state index in [1.54, 1.807) is 22.7 Å². The maximum atomic E-state index is 12.8. The number of carbonyl (C=O) groups excluding carboxylic acids is 1. The first-order valence-electron chi connectivity index (χ1n) is 7.75. The van der Waals surface area contributed by atoms with Gasteiger partial charge >= 0.3 is 0 Å². The van der Waals surface area contributed by atoms with Crippen LogP contribution >= 0.6 is 22.7 Å². The van der Waals surface area contributed by atoms with E-state index in [2.05, 4.69) is 34.7 Å². The van der Waals surface area contributed by atoms with E-state index in [0.717, 1.165) is 37.5 Å². The number of hydrogen-bond acceptors (Lipinski definition) is 4. The topological polar surface area (TPSA) is 32.3 Å². The minimum absolute atomic E-state index is 0.218. The number of rotatable bonds is 5. The Morgan fingerprint density at radius 2 is 2.38 bits per heavy atom. The average Bonchev–Trinajstić information content (AvgIpc) is 3.08. The van der Waals surface area contributed by atoms with Crippen molar-refractivity contribution >= 4 is 38.0 Å². The van der Waals surface area contributed by atoms with E-state index in [-0.39, 0.29) is 5.91 Å². The molecular weight excluding hydrogens is 300 g/mol. The van der Waals surface area contributed by atoms with Crippen molar-refractivity contribution in [1.29, 1.82) is 0 Å². The highest BCUT2D eigenvalue weighted by atomic mass is 32.1. The first kappa shape index (κ1) is 15.0.